The predicted molar refractivity (Wildman–Crippen MR) is 54.1 cm³/mol. The third-order valence-corrected chi connectivity index (χ3v) is 2.95. The molecule has 0 saturated carbocycles. The smallest absolute Gasteiger partial charge is 0.248 e. The molecule has 0 amide bonds. The molecule has 4 heteroatoms. The van der Waals surface area contributed by atoms with Crippen LogP contribution in [0.1, 0.15) is 33.1 Å². The molecule has 0 aromatic carbocycles. The van der Waals surface area contributed by atoms with Crippen molar-refractivity contribution in [1.82, 2.24) is 10.4 Å². The topological polar surface area (TPSA) is 42.2 Å². The van der Waals surface area contributed by atoms with Gasteiger partial charge >= 0.3 is 0 Å². The lowest BCUT2D eigenvalue weighted by molar-refractivity contribution is 0.328. The molecule has 1 fully saturated rings. The Morgan fingerprint density at radius 1 is 1.50 bits per heavy atom. The van der Waals surface area contributed by atoms with Gasteiger partial charge in [0.15, 0.2) is 0 Å². The van der Waals surface area contributed by atoms with Crippen LogP contribution in [-0.4, -0.2) is 23.0 Å². The Morgan fingerprint density at radius 3 is 3.00 bits per heavy atom. The number of anilines is 1. The van der Waals surface area contributed by atoms with Gasteiger partial charge in [-0.2, -0.15) is 0 Å². The lowest BCUT2D eigenvalue weighted by atomic mass is 9.93. The maximum absolute atomic E-state index is 5.12. The first-order chi connectivity index (χ1) is 6.79. The molecule has 1 aromatic rings. The zero-order valence-corrected chi connectivity index (χ0v) is 8.81. The largest absolute Gasteiger partial charge is 0.336 e. The van der Waals surface area contributed by atoms with Crippen LogP contribution in [0, 0.1) is 5.92 Å². The highest BCUT2D eigenvalue weighted by atomic mass is 16.5. The molecule has 0 radical (unpaired) electrons. The summed E-state index contributed by atoms with van der Waals surface area (Å²) in [6, 6.07) is 0.582. The molecule has 2 heterocycles. The van der Waals surface area contributed by atoms with Gasteiger partial charge in [0.25, 0.3) is 0 Å². The first-order valence-electron chi connectivity index (χ1n) is 5.33. The number of hydrogen-bond acceptors (Lipinski definition) is 4. The highest BCUT2D eigenvalue weighted by Gasteiger charge is 2.27. The quantitative estimate of drug-likeness (QED) is 0.724. The Hall–Kier alpha value is -1.06. The van der Waals surface area contributed by atoms with Gasteiger partial charge in [0.05, 0.1) is 0 Å². The maximum atomic E-state index is 5.12. The van der Waals surface area contributed by atoms with Gasteiger partial charge in [0.2, 0.25) is 5.88 Å². The zero-order valence-electron chi connectivity index (χ0n) is 8.81. The van der Waals surface area contributed by atoms with Crippen molar-refractivity contribution in [1.29, 1.82) is 0 Å². The maximum Gasteiger partial charge on any atom is 0.248 e. The van der Waals surface area contributed by atoms with Crippen LogP contribution in [0.25, 0.3) is 0 Å². The summed E-state index contributed by atoms with van der Waals surface area (Å²) >= 11 is 0. The van der Waals surface area contributed by atoms with Crippen LogP contribution in [0.4, 0.5) is 5.88 Å². The van der Waals surface area contributed by atoms with Crippen LogP contribution in [0.2, 0.25) is 0 Å². The summed E-state index contributed by atoms with van der Waals surface area (Å²) in [6.45, 7) is 5.58. The Balaban J connectivity index is 2.14. The molecule has 1 saturated heterocycles. The Kier molecular flexibility index (Phi) is 2.70. The summed E-state index contributed by atoms with van der Waals surface area (Å²) < 4.78 is 5.12. The average Bonchev–Trinajstić information content (AvgIpc) is 2.70. The fraction of sp³-hybridized carbons (Fsp3) is 0.800. The average molecular weight is 195 g/mol. The summed E-state index contributed by atoms with van der Waals surface area (Å²) in [5.74, 6) is 1.48. The summed E-state index contributed by atoms with van der Waals surface area (Å²) in [5.41, 5.74) is 0. The zero-order chi connectivity index (χ0) is 9.97. The molecule has 2 rings (SSSR count). The molecule has 1 aromatic heterocycles. The normalized spacial score (nSPS) is 23.1. The van der Waals surface area contributed by atoms with Crippen molar-refractivity contribution in [2.24, 2.45) is 5.92 Å². The molecule has 14 heavy (non-hydrogen) atoms. The molecule has 1 unspecified atom stereocenters. The van der Waals surface area contributed by atoms with Gasteiger partial charge in [-0.25, -0.2) is 0 Å². The van der Waals surface area contributed by atoms with Gasteiger partial charge < -0.3 is 9.42 Å². The van der Waals surface area contributed by atoms with Crippen molar-refractivity contribution in [2.45, 2.75) is 39.2 Å². The summed E-state index contributed by atoms with van der Waals surface area (Å²) in [7, 11) is 0. The summed E-state index contributed by atoms with van der Waals surface area (Å²) in [4.78, 5) is 2.30. The first-order valence-corrected chi connectivity index (χ1v) is 5.33. The van der Waals surface area contributed by atoms with E-state index in [2.05, 4.69) is 29.1 Å². The Labute approximate surface area is 84.3 Å². The minimum atomic E-state index is 0.582. The second-order valence-electron chi connectivity index (χ2n) is 4.26. The van der Waals surface area contributed by atoms with Crippen LogP contribution in [0.3, 0.4) is 0 Å². The van der Waals surface area contributed by atoms with Gasteiger partial charge in [-0.15, -0.1) is 5.10 Å². The van der Waals surface area contributed by atoms with Gasteiger partial charge in [-0.1, -0.05) is 13.8 Å². The molecular formula is C10H17N3O. The molecule has 1 aliphatic rings. The van der Waals surface area contributed by atoms with E-state index in [4.69, 9.17) is 4.52 Å². The number of hydrogen-bond donors (Lipinski definition) is 0. The molecule has 1 atom stereocenters. The molecule has 0 bridgehead atoms. The van der Waals surface area contributed by atoms with Crippen molar-refractivity contribution in [2.75, 3.05) is 11.4 Å². The van der Waals surface area contributed by atoms with E-state index < -0.39 is 0 Å². The first kappa shape index (κ1) is 9.49. The van der Waals surface area contributed by atoms with Crippen molar-refractivity contribution in [3.8, 4) is 0 Å². The van der Waals surface area contributed by atoms with E-state index in [1.807, 2.05) is 0 Å². The van der Waals surface area contributed by atoms with E-state index in [9.17, 15) is 0 Å². The van der Waals surface area contributed by atoms with E-state index in [0.717, 1.165) is 12.4 Å². The monoisotopic (exact) mass is 195 g/mol. The number of aromatic nitrogens is 2. The minimum absolute atomic E-state index is 0.582. The Morgan fingerprint density at radius 2 is 2.36 bits per heavy atom. The van der Waals surface area contributed by atoms with Crippen LogP contribution < -0.4 is 4.90 Å². The summed E-state index contributed by atoms with van der Waals surface area (Å²) in [6.07, 6.45) is 5.52. The highest BCUT2D eigenvalue weighted by molar-refractivity contribution is 5.33. The molecule has 0 N–H and O–H groups in total. The minimum Gasteiger partial charge on any atom is -0.336 e. The van der Waals surface area contributed by atoms with E-state index in [1.165, 1.54) is 19.3 Å². The van der Waals surface area contributed by atoms with E-state index in [1.54, 1.807) is 6.20 Å². The highest BCUT2D eigenvalue weighted by Crippen LogP contribution is 2.27. The second kappa shape index (κ2) is 3.98. The van der Waals surface area contributed by atoms with Crippen LogP contribution in [0.5, 0.6) is 0 Å². The fourth-order valence-corrected chi connectivity index (χ4v) is 2.21. The van der Waals surface area contributed by atoms with Crippen molar-refractivity contribution in [3.63, 3.8) is 0 Å². The van der Waals surface area contributed by atoms with Crippen molar-refractivity contribution >= 4 is 5.88 Å². The predicted octanol–water partition coefficient (Wildman–Crippen LogP) is 2.08. The number of piperidine rings is 1. The van der Waals surface area contributed by atoms with Crippen molar-refractivity contribution in [3.05, 3.63) is 6.20 Å². The second-order valence-corrected chi connectivity index (χ2v) is 4.26. The SMILES string of the molecule is CC(C)C1CCCCN1c1cnno1. The third-order valence-electron chi connectivity index (χ3n) is 2.95. The van der Waals surface area contributed by atoms with Crippen molar-refractivity contribution < 1.29 is 4.52 Å². The van der Waals surface area contributed by atoms with Gasteiger partial charge in [0, 0.05) is 17.9 Å². The molecule has 78 valence electrons. The standard InChI is InChI=1S/C10H17N3O/c1-8(2)9-5-3-4-6-13(9)10-7-11-12-14-10/h7-9H,3-6H2,1-2H3. The lowest BCUT2D eigenvalue weighted by Crippen LogP contribution is -2.42. The number of nitrogens with zero attached hydrogens (tertiary/aromatic N) is 3. The fourth-order valence-electron chi connectivity index (χ4n) is 2.21. The van der Waals surface area contributed by atoms with E-state index in [0.29, 0.717) is 12.0 Å². The van der Waals surface area contributed by atoms with E-state index in [-0.39, 0.29) is 0 Å². The van der Waals surface area contributed by atoms with E-state index >= 15 is 0 Å². The van der Waals surface area contributed by atoms with Crippen LogP contribution in [-0.2, 0) is 0 Å². The van der Waals surface area contributed by atoms with Gasteiger partial charge in [-0.3, -0.25) is 0 Å². The lowest BCUT2D eigenvalue weighted by Gasteiger charge is -2.37. The van der Waals surface area contributed by atoms with Crippen LogP contribution >= 0.6 is 0 Å². The molecule has 0 spiro atoms. The number of rotatable bonds is 2. The molecule has 0 aliphatic carbocycles. The molecule has 4 nitrogen and oxygen atoms in total. The molecule has 1 aliphatic heterocycles. The van der Waals surface area contributed by atoms with Gasteiger partial charge in [-0.05, 0) is 25.2 Å². The van der Waals surface area contributed by atoms with Gasteiger partial charge in [0.1, 0.15) is 6.20 Å². The Bertz CT molecular complexity index is 271. The summed E-state index contributed by atoms with van der Waals surface area (Å²) in [5, 5.41) is 7.26. The molecular weight excluding hydrogens is 178 g/mol. The van der Waals surface area contributed by atoms with Crippen LogP contribution in [0.15, 0.2) is 10.7 Å². The third kappa shape index (κ3) is 1.74.